The van der Waals surface area contributed by atoms with Gasteiger partial charge in [-0.3, -0.25) is 9.36 Å². The molecule has 1 aromatic heterocycles. The number of carbonyl (C=O) groups is 1. The number of carbonyl (C=O) groups excluding carboxylic acids is 1. The Hall–Kier alpha value is -2.37. The lowest BCUT2D eigenvalue weighted by atomic mass is 9.86. The average molecular weight is 543 g/mol. The average Bonchev–Trinajstić information content (AvgIpc) is 3.31. The summed E-state index contributed by atoms with van der Waals surface area (Å²) in [5.74, 6) is -0.126. The van der Waals surface area contributed by atoms with Gasteiger partial charge >= 0.3 is 7.60 Å². The van der Waals surface area contributed by atoms with Gasteiger partial charge in [0.25, 0.3) is 0 Å². The number of nitrogens with one attached hydrogen (secondary N) is 1. The zero-order chi connectivity index (χ0) is 26.6. The number of nitrogens with zero attached hydrogens (tertiary/aromatic N) is 1. The van der Waals surface area contributed by atoms with Gasteiger partial charge in [-0.05, 0) is 48.9 Å². The second-order valence-corrected chi connectivity index (χ2v) is 12.8. The largest absolute Gasteiger partial charge is 0.355 e. The third-order valence-electron chi connectivity index (χ3n) is 6.59. The van der Waals surface area contributed by atoms with E-state index < -0.39 is 7.60 Å². The maximum atomic E-state index is 13.2. The first kappa shape index (κ1) is 27.7. The molecule has 0 fully saturated rings. The van der Waals surface area contributed by atoms with Crippen LogP contribution in [0.15, 0.2) is 54.6 Å². The van der Waals surface area contributed by atoms with Gasteiger partial charge in [-0.15, -0.1) is 0 Å². The van der Waals surface area contributed by atoms with Crippen molar-refractivity contribution in [3.63, 3.8) is 0 Å². The van der Waals surface area contributed by atoms with Crippen LogP contribution in [0.1, 0.15) is 39.1 Å². The molecule has 8 heteroatoms. The minimum atomic E-state index is -3.22. The maximum absolute atomic E-state index is 13.2. The molecule has 6 nitrogen and oxygen atoms in total. The molecule has 0 unspecified atom stereocenters. The first-order valence-corrected chi connectivity index (χ1v) is 15.0. The Kier molecular flexibility index (Phi) is 8.65. The number of amides is 1. The summed E-state index contributed by atoms with van der Waals surface area (Å²) in [5.41, 5.74) is 6.73. The molecule has 0 saturated carbocycles. The van der Waals surface area contributed by atoms with Crippen LogP contribution in [0.4, 0.5) is 0 Å². The number of hydrogen-bond acceptors (Lipinski definition) is 4. The van der Waals surface area contributed by atoms with Gasteiger partial charge in [0.2, 0.25) is 5.91 Å². The molecule has 0 bridgehead atoms. The van der Waals surface area contributed by atoms with E-state index in [1.54, 1.807) is 13.8 Å². The lowest BCUT2D eigenvalue weighted by Gasteiger charge is -2.19. The molecule has 0 aliphatic carbocycles. The van der Waals surface area contributed by atoms with Crippen molar-refractivity contribution in [2.24, 2.45) is 5.41 Å². The van der Waals surface area contributed by atoms with Crippen molar-refractivity contribution in [2.75, 3.05) is 25.9 Å². The Morgan fingerprint density at radius 2 is 1.62 bits per heavy atom. The summed E-state index contributed by atoms with van der Waals surface area (Å²) >= 11 is 6.22. The fourth-order valence-corrected chi connectivity index (χ4v) is 6.80. The van der Waals surface area contributed by atoms with Crippen molar-refractivity contribution in [3.05, 3.63) is 71.0 Å². The maximum Gasteiger partial charge on any atom is 0.332 e. The van der Waals surface area contributed by atoms with Crippen LogP contribution in [0.25, 0.3) is 22.3 Å². The summed E-state index contributed by atoms with van der Waals surface area (Å²) in [4.78, 5) is 13.2. The van der Waals surface area contributed by atoms with E-state index in [9.17, 15) is 9.36 Å². The quantitative estimate of drug-likeness (QED) is 0.265. The normalized spacial score (nSPS) is 14.5. The highest BCUT2D eigenvalue weighted by molar-refractivity contribution is 7.53. The second kappa shape index (κ2) is 11.6. The second-order valence-electron chi connectivity index (χ2n) is 10.1. The Balaban J connectivity index is 1.70. The fraction of sp³-hybridized carbons (Fsp3) is 0.414. The smallest absolute Gasteiger partial charge is 0.332 e. The van der Waals surface area contributed by atoms with Gasteiger partial charge in [-0.1, -0.05) is 67.9 Å². The molecular formula is C29H36ClN2O4P. The minimum absolute atomic E-state index is 0.0875. The first-order valence-electron chi connectivity index (χ1n) is 12.9. The lowest BCUT2D eigenvalue weighted by molar-refractivity contribution is -0.120. The third kappa shape index (κ3) is 6.38. The molecule has 4 rings (SSSR count). The molecular weight excluding hydrogens is 507 g/mol. The van der Waals surface area contributed by atoms with Crippen molar-refractivity contribution in [1.29, 1.82) is 0 Å². The Labute approximate surface area is 224 Å². The van der Waals surface area contributed by atoms with E-state index >= 15 is 0 Å². The number of halogens is 1. The van der Waals surface area contributed by atoms with Crippen LogP contribution >= 0.6 is 19.2 Å². The number of fused-ring (bicyclic) bond motifs is 1. The van der Waals surface area contributed by atoms with Crippen LogP contribution in [-0.4, -0.2) is 36.4 Å². The Morgan fingerprint density at radius 1 is 1.00 bits per heavy atom. The van der Waals surface area contributed by atoms with Gasteiger partial charge in [0.1, 0.15) is 0 Å². The highest BCUT2D eigenvalue weighted by atomic mass is 35.5. The molecule has 1 amide bonds. The molecule has 37 heavy (non-hydrogen) atoms. The number of hydrogen-bond donors (Lipinski definition) is 1. The summed E-state index contributed by atoms with van der Waals surface area (Å²) in [6.07, 6.45) is 1.27. The van der Waals surface area contributed by atoms with Crippen molar-refractivity contribution in [2.45, 2.75) is 47.1 Å². The SMILES string of the molecule is CCOP(=O)(CCNC(=O)Cc1c(-c2ccc(Cl)cc2)c(-c2ccccc2)c2n1CC(C)(C)C2)OCC. The van der Waals surface area contributed by atoms with Crippen LogP contribution in [0.3, 0.4) is 0 Å². The van der Waals surface area contributed by atoms with Gasteiger partial charge < -0.3 is 18.9 Å². The molecule has 2 heterocycles. The molecule has 198 valence electrons. The van der Waals surface area contributed by atoms with Gasteiger partial charge in [0, 0.05) is 40.6 Å². The summed E-state index contributed by atoms with van der Waals surface area (Å²) in [7, 11) is -3.22. The molecule has 0 atom stereocenters. The van der Waals surface area contributed by atoms with E-state index in [1.807, 2.05) is 42.5 Å². The van der Waals surface area contributed by atoms with E-state index in [1.165, 1.54) is 11.3 Å². The number of aromatic nitrogens is 1. The third-order valence-corrected chi connectivity index (χ3v) is 8.92. The van der Waals surface area contributed by atoms with Gasteiger partial charge in [-0.25, -0.2) is 0 Å². The standard InChI is InChI=1S/C29H36ClN2O4P/c1-5-35-37(34,36-6-2)17-16-31-26(33)18-24-27(22-12-14-23(30)15-13-22)28(21-10-8-7-9-11-21)25-19-29(3,4)20-32(24)25/h7-15H,5-6,16-20H2,1-4H3,(H,31,33). The van der Waals surface area contributed by atoms with Gasteiger partial charge in [0.15, 0.2) is 0 Å². The van der Waals surface area contributed by atoms with Crippen LogP contribution in [0, 0.1) is 5.41 Å². The molecule has 0 radical (unpaired) electrons. The first-order chi connectivity index (χ1) is 17.7. The topological polar surface area (TPSA) is 69.6 Å². The number of rotatable bonds is 11. The van der Waals surface area contributed by atoms with Crippen LogP contribution in [0.2, 0.25) is 5.02 Å². The summed E-state index contributed by atoms with van der Waals surface area (Å²) in [6.45, 7) is 9.73. The van der Waals surface area contributed by atoms with Crippen LogP contribution in [0.5, 0.6) is 0 Å². The molecule has 0 saturated heterocycles. The van der Waals surface area contributed by atoms with Crippen molar-refractivity contribution >= 4 is 25.1 Å². The van der Waals surface area contributed by atoms with Crippen molar-refractivity contribution in [3.8, 4) is 22.3 Å². The zero-order valence-electron chi connectivity index (χ0n) is 22.1. The van der Waals surface area contributed by atoms with Crippen molar-refractivity contribution in [1.82, 2.24) is 9.88 Å². The molecule has 1 aliphatic rings. The summed E-state index contributed by atoms with van der Waals surface area (Å²) < 4.78 is 25.8. The highest BCUT2D eigenvalue weighted by Gasteiger charge is 2.36. The predicted molar refractivity (Wildman–Crippen MR) is 150 cm³/mol. The monoisotopic (exact) mass is 542 g/mol. The van der Waals surface area contributed by atoms with E-state index in [4.69, 9.17) is 20.6 Å². The number of benzene rings is 2. The van der Waals surface area contributed by atoms with Gasteiger partial charge in [0.05, 0.1) is 25.8 Å². The fourth-order valence-electron chi connectivity index (χ4n) is 5.17. The lowest BCUT2D eigenvalue weighted by Crippen LogP contribution is -2.29. The Morgan fingerprint density at radius 3 is 2.24 bits per heavy atom. The molecule has 1 aliphatic heterocycles. The highest BCUT2D eigenvalue weighted by Crippen LogP contribution is 2.48. The summed E-state index contributed by atoms with van der Waals surface area (Å²) in [5, 5.41) is 3.62. The van der Waals surface area contributed by atoms with Crippen LogP contribution in [-0.2, 0) is 37.8 Å². The zero-order valence-corrected chi connectivity index (χ0v) is 23.7. The molecule has 3 aromatic rings. The Bertz CT molecular complexity index is 1280. The van der Waals surface area contributed by atoms with E-state index in [2.05, 4.69) is 35.9 Å². The summed E-state index contributed by atoms with van der Waals surface area (Å²) in [6, 6.07) is 18.2. The molecule has 0 spiro atoms. The van der Waals surface area contributed by atoms with Gasteiger partial charge in [-0.2, -0.15) is 0 Å². The minimum Gasteiger partial charge on any atom is -0.355 e. The van der Waals surface area contributed by atoms with Crippen LogP contribution < -0.4 is 5.32 Å². The molecule has 2 aromatic carbocycles. The van der Waals surface area contributed by atoms with Crippen molar-refractivity contribution < 1.29 is 18.4 Å². The van der Waals surface area contributed by atoms with E-state index in [0.29, 0.717) is 18.2 Å². The predicted octanol–water partition coefficient (Wildman–Crippen LogP) is 6.98. The molecule has 1 N–H and O–H groups in total. The van der Waals surface area contributed by atoms with E-state index in [-0.39, 0.29) is 30.4 Å². The van der Waals surface area contributed by atoms with E-state index in [0.717, 1.165) is 35.3 Å².